The molecule has 1 fully saturated rings. The van der Waals surface area contributed by atoms with E-state index in [0.717, 1.165) is 43.4 Å². The minimum absolute atomic E-state index is 0.0261. The van der Waals surface area contributed by atoms with Gasteiger partial charge in [-0.3, -0.25) is 14.9 Å². The second-order valence-corrected chi connectivity index (χ2v) is 7.51. The van der Waals surface area contributed by atoms with Gasteiger partial charge in [0.05, 0.1) is 15.8 Å². The van der Waals surface area contributed by atoms with Gasteiger partial charge in [-0.2, -0.15) is 0 Å². The molecule has 5 nitrogen and oxygen atoms in total. The van der Waals surface area contributed by atoms with Crippen molar-refractivity contribution in [3.8, 4) is 0 Å². The zero-order valence-electron chi connectivity index (χ0n) is 13.2. The normalized spacial score (nSPS) is 19.6. The lowest BCUT2D eigenvalue weighted by Gasteiger charge is -2.36. The van der Waals surface area contributed by atoms with Crippen LogP contribution in [0.25, 0.3) is 0 Å². The first-order valence-electron chi connectivity index (χ1n) is 8.30. The van der Waals surface area contributed by atoms with E-state index in [-0.39, 0.29) is 23.0 Å². The number of aryl methyl sites for hydroxylation is 1. The average Bonchev–Trinajstić information content (AvgIpc) is 3.29. The summed E-state index contributed by atoms with van der Waals surface area (Å²) >= 11 is 0.978. The highest BCUT2D eigenvalue weighted by Crippen LogP contribution is 2.42. The summed E-state index contributed by atoms with van der Waals surface area (Å²) in [6.45, 7) is 0. The second-order valence-electron chi connectivity index (χ2n) is 6.45. The number of hydrogen-bond acceptors (Lipinski definition) is 4. The molecule has 4 rings (SSSR count). The molecule has 1 aromatic heterocycles. The lowest BCUT2D eigenvalue weighted by Crippen LogP contribution is -2.38. The minimum Gasteiger partial charge on any atom is -0.328 e. The van der Waals surface area contributed by atoms with Crippen LogP contribution >= 0.6 is 11.3 Å². The van der Waals surface area contributed by atoms with E-state index in [0.29, 0.717) is 4.88 Å². The van der Waals surface area contributed by atoms with E-state index in [2.05, 4.69) is 12.1 Å². The van der Waals surface area contributed by atoms with Crippen molar-refractivity contribution in [2.45, 2.75) is 44.2 Å². The van der Waals surface area contributed by atoms with Gasteiger partial charge in [-0.15, -0.1) is 0 Å². The molecule has 2 aliphatic carbocycles. The van der Waals surface area contributed by atoms with Crippen molar-refractivity contribution in [2.75, 3.05) is 0 Å². The third-order valence-corrected chi connectivity index (χ3v) is 5.86. The number of amides is 1. The Kier molecular flexibility index (Phi) is 3.84. The largest absolute Gasteiger partial charge is 0.328 e. The molecule has 0 N–H and O–H groups in total. The lowest BCUT2D eigenvalue weighted by molar-refractivity contribution is -0.380. The number of rotatable bonds is 4. The summed E-state index contributed by atoms with van der Waals surface area (Å²) < 4.78 is 0. The molecular formula is C18H18N2O3S. The van der Waals surface area contributed by atoms with Gasteiger partial charge in [-0.1, -0.05) is 35.6 Å². The maximum atomic E-state index is 13.1. The van der Waals surface area contributed by atoms with Gasteiger partial charge in [0.1, 0.15) is 0 Å². The molecule has 0 radical (unpaired) electrons. The summed E-state index contributed by atoms with van der Waals surface area (Å²) in [5, 5.41) is 10.9. The molecule has 0 bridgehead atoms. The van der Waals surface area contributed by atoms with Crippen LogP contribution < -0.4 is 0 Å². The van der Waals surface area contributed by atoms with Crippen LogP contribution in [0.1, 0.15) is 52.5 Å². The Morgan fingerprint density at radius 2 is 1.96 bits per heavy atom. The van der Waals surface area contributed by atoms with Crippen molar-refractivity contribution in [1.29, 1.82) is 0 Å². The van der Waals surface area contributed by atoms with Crippen molar-refractivity contribution in [1.82, 2.24) is 4.90 Å². The van der Waals surface area contributed by atoms with E-state index in [1.54, 1.807) is 6.07 Å². The summed E-state index contributed by atoms with van der Waals surface area (Å²) in [6, 6.07) is 11.7. The smallest absolute Gasteiger partial charge is 0.324 e. The SMILES string of the molecule is O=C(c1ccc([N+](=O)[O-])s1)N(C1CC1)C1CCCc2ccccc21. The molecule has 0 spiro atoms. The molecule has 1 unspecified atom stereocenters. The molecule has 1 amide bonds. The van der Waals surface area contributed by atoms with Crippen LogP contribution in [0.2, 0.25) is 0 Å². The number of hydrogen-bond donors (Lipinski definition) is 0. The average molecular weight is 342 g/mol. The lowest BCUT2D eigenvalue weighted by atomic mass is 9.86. The number of nitrogens with zero attached hydrogens (tertiary/aromatic N) is 2. The van der Waals surface area contributed by atoms with Crippen molar-refractivity contribution in [3.05, 3.63) is 62.5 Å². The monoisotopic (exact) mass is 342 g/mol. The van der Waals surface area contributed by atoms with Crippen LogP contribution in [0.4, 0.5) is 5.00 Å². The van der Waals surface area contributed by atoms with Gasteiger partial charge in [-0.25, -0.2) is 0 Å². The van der Waals surface area contributed by atoms with Gasteiger partial charge in [0.15, 0.2) is 0 Å². The van der Waals surface area contributed by atoms with Crippen molar-refractivity contribution in [3.63, 3.8) is 0 Å². The molecule has 1 saturated carbocycles. The highest BCUT2D eigenvalue weighted by atomic mass is 32.1. The van der Waals surface area contributed by atoms with Crippen LogP contribution in [0.15, 0.2) is 36.4 Å². The first-order chi connectivity index (χ1) is 11.6. The molecule has 1 atom stereocenters. The Hall–Kier alpha value is -2.21. The number of benzene rings is 1. The molecule has 0 aliphatic heterocycles. The Morgan fingerprint density at radius 3 is 2.67 bits per heavy atom. The predicted octanol–water partition coefficient (Wildman–Crippen LogP) is 4.34. The first-order valence-corrected chi connectivity index (χ1v) is 9.11. The van der Waals surface area contributed by atoms with Crippen LogP contribution in [-0.2, 0) is 6.42 Å². The molecule has 24 heavy (non-hydrogen) atoms. The van der Waals surface area contributed by atoms with Gasteiger partial charge in [-0.05, 0) is 49.3 Å². The fourth-order valence-electron chi connectivity index (χ4n) is 3.60. The van der Waals surface area contributed by atoms with Gasteiger partial charge >= 0.3 is 5.00 Å². The van der Waals surface area contributed by atoms with E-state index in [1.165, 1.54) is 17.2 Å². The summed E-state index contributed by atoms with van der Waals surface area (Å²) in [6.07, 6.45) is 5.15. The van der Waals surface area contributed by atoms with Gasteiger partial charge in [0, 0.05) is 12.1 Å². The number of thiophene rings is 1. The molecule has 1 heterocycles. The van der Waals surface area contributed by atoms with E-state index in [9.17, 15) is 14.9 Å². The highest BCUT2D eigenvalue weighted by Gasteiger charge is 2.40. The van der Waals surface area contributed by atoms with Gasteiger partial charge < -0.3 is 4.90 Å². The summed E-state index contributed by atoms with van der Waals surface area (Å²) in [4.78, 5) is 26.0. The highest BCUT2D eigenvalue weighted by molar-refractivity contribution is 7.17. The molecule has 2 aliphatic rings. The summed E-state index contributed by atoms with van der Waals surface area (Å²) in [5.41, 5.74) is 2.57. The molecule has 6 heteroatoms. The predicted molar refractivity (Wildman–Crippen MR) is 92.3 cm³/mol. The van der Waals surface area contributed by atoms with E-state index < -0.39 is 4.92 Å². The van der Waals surface area contributed by atoms with Crippen LogP contribution in [0.3, 0.4) is 0 Å². The Balaban J connectivity index is 1.68. The zero-order valence-corrected chi connectivity index (χ0v) is 14.0. The van der Waals surface area contributed by atoms with Gasteiger partial charge in [0.2, 0.25) is 0 Å². The third kappa shape index (κ3) is 2.71. The standard InChI is InChI=1S/C18H18N2O3S/c21-18(16-10-11-17(24-16)20(22)23)19(13-8-9-13)15-7-3-5-12-4-1-2-6-14(12)15/h1-2,4,6,10-11,13,15H,3,5,7-9H2. The quantitative estimate of drug-likeness (QED) is 0.613. The van der Waals surface area contributed by atoms with Crippen LogP contribution in [0, 0.1) is 10.1 Å². The van der Waals surface area contributed by atoms with Crippen LogP contribution in [0.5, 0.6) is 0 Å². The fraction of sp³-hybridized carbons (Fsp3) is 0.389. The minimum atomic E-state index is -0.432. The maximum Gasteiger partial charge on any atom is 0.324 e. The number of carbonyl (C=O) groups excluding carboxylic acids is 1. The van der Waals surface area contributed by atoms with Crippen molar-refractivity contribution >= 4 is 22.2 Å². The Morgan fingerprint density at radius 1 is 1.17 bits per heavy atom. The summed E-state index contributed by atoms with van der Waals surface area (Å²) in [7, 11) is 0. The van der Waals surface area contributed by atoms with Crippen LogP contribution in [-0.4, -0.2) is 21.8 Å². The number of carbonyl (C=O) groups is 1. The topological polar surface area (TPSA) is 63.4 Å². The summed E-state index contributed by atoms with van der Waals surface area (Å²) in [5.74, 6) is -0.0581. The Bertz CT molecular complexity index is 797. The fourth-order valence-corrected chi connectivity index (χ4v) is 4.36. The Labute approximate surface area is 144 Å². The number of nitro groups is 1. The molecular weight excluding hydrogens is 324 g/mol. The second kappa shape index (κ2) is 6.02. The molecule has 124 valence electrons. The van der Waals surface area contributed by atoms with Crippen molar-refractivity contribution < 1.29 is 9.72 Å². The van der Waals surface area contributed by atoms with Crippen molar-refractivity contribution in [2.24, 2.45) is 0 Å². The zero-order chi connectivity index (χ0) is 16.7. The van der Waals surface area contributed by atoms with E-state index >= 15 is 0 Å². The number of fused-ring (bicyclic) bond motifs is 1. The van der Waals surface area contributed by atoms with Gasteiger partial charge in [0.25, 0.3) is 5.91 Å². The molecule has 1 aromatic carbocycles. The molecule has 2 aromatic rings. The third-order valence-electron chi connectivity index (χ3n) is 4.83. The van der Waals surface area contributed by atoms with E-state index in [4.69, 9.17) is 0 Å². The maximum absolute atomic E-state index is 13.1. The molecule has 0 saturated heterocycles. The first kappa shape index (κ1) is 15.3. The van der Waals surface area contributed by atoms with E-state index in [1.807, 2.05) is 17.0 Å².